The van der Waals surface area contributed by atoms with E-state index < -0.39 is 17.4 Å². The van der Waals surface area contributed by atoms with E-state index in [2.05, 4.69) is 4.74 Å². The monoisotopic (exact) mass is 159 g/mol. The minimum Gasteiger partial charge on any atom is -0.550 e. The van der Waals surface area contributed by atoms with Crippen LogP contribution in [0.25, 0.3) is 0 Å². The number of hydrogen-bond acceptors (Lipinski definition) is 4. The van der Waals surface area contributed by atoms with E-state index >= 15 is 0 Å². The van der Waals surface area contributed by atoms with Crippen LogP contribution in [0.4, 0.5) is 0 Å². The summed E-state index contributed by atoms with van der Waals surface area (Å²) in [6, 6.07) is 0. The Kier molecular flexibility index (Phi) is 3.04. The van der Waals surface area contributed by atoms with Gasteiger partial charge >= 0.3 is 5.97 Å². The number of hydrogen-bond donors (Lipinski definition) is 0. The molecule has 0 atom stereocenters. The Morgan fingerprint density at radius 3 is 2.18 bits per heavy atom. The van der Waals surface area contributed by atoms with E-state index in [-0.39, 0.29) is 6.42 Å². The summed E-state index contributed by atoms with van der Waals surface area (Å²) >= 11 is 0. The Balaban J connectivity index is 4.12. The number of methoxy groups -OCH3 is 1. The third kappa shape index (κ3) is 3.02. The van der Waals surface area contributed by atoms with Crippen molar-refractivity contribution in [3.8, 4) is 0 Å². The molecule has 4 nitrogen and oxygen atoms in total. The first-order chi connectivity index (χ1) is 4.90. The second-order valence-corrected chi connectivity index (χ2v) is 2.92. The fourth-order valence-corrected chi connectivity index (χ4v) is 0.505. The number of carboxylic acids is 1. The summed E-state index contributed by atoms with van der Waals surface area (Å²) in [5, 5.41) is 10.4. The van der Waals surface area contributed by atoms with Gasteiger partial charge in [0, 0.05) is 11.4 Å². The number of carbonyl (C=O) groups excluding carboxylic acids is 2. The van der Waals surface area contributed by atoms with Gasteiger partial charge in [-0.15, -0.1) is 0 Å². The van der Waals surface area contributed by atoms with E-state index in [1.807, 2.05) is 0 Å². The van der Waals surface area contributed by atoms with E-state index in [1.165, 1.54) is 21.0 Å². The van der Waals surface area contributed by atoms with Gasteiger partial charge in [-0.2, -0.15) is 0 Å². The van der Waals surface area contributed by atoms with Crippen LogP contribution in [0, 0.1) is 5.41 Å². The molecule has 11 heavy (non-hydrogen) atoms. The lowest BCUT2D eigenvalue weighted by Gasteiger charge is -2.23. The summed E-state index contributed by atoms with van der Waals surface area (Å²) in [5.74, 6) is -1.79. The average molecular weight is 159 g/mol. The standard InChI is InChI=1S/C7H12O4/c1-7(2,6(9)10)4-5(8)11-3/h4H2,1-3H3,(H,9,10)/p-1. The van der Waals surface area contributed by atoms with Gasteiger partial charge in [-0.25, -0.2) is 0 Å². The molecule has 0 radical (unpaired) electrons. The molecule has 0 bridgehead atoms. The molecule has 4 heteroatoms. The molecule has 0 aliphatic carbocycles. The number of ether oxygens (including phenoxy) is 1. The Morgan fingerprint density at radius 1 is 1.45 bits per heavy atom. The lowest BCUT2D eigenvalue weighted by atomic mass is 9.90. The van der Waals surface area contributed by atoms with Crippen LogP contribution in [0.15, 0.2) is 0 Å². The van der Waals surface area contributed by atoms with E-state index in [0.29, 0.717) is 0 Å². The highest BCUT2D eigenvalue weighted by Gasteiger charge is 2.23. The molecule has 0 aromatic heterocycles. The Bertz CT molecular complexity index is 171. The number of carbonyl (C=O) groups is 2. The maximum atomic E-state index is 10.6. The van der Waals surface area contributed by atoms with Crippen molar-refractivity contribution in [3.05, 3.63) is 0 Å². The second-order valence-electron chi connectivity index (χ2n) is 2.92. The van der Waals surface area contributed by atoms with Gasteiger partial charge in [-0.1, -0.05) is 13.8 Å². The van der Waals surface area contributed by atoms with Crippen molar-refractivity contribution in [1.29, 1.82) is 0 Å². The zero-order valence-electron chi connectivity index (χ0n) is 6.84. The Labute approximate surface area is 65.2 Å². The van der Waals surface area contributed by atoms with Gasteiger partial charge < -0.3 is 14.6 Å². The predicted molar refractivity (Wildman–Crippen MR) is 35.4 cm³/mol. The highest BCUT2D eigenvalue weighted by atomic mass is 16.5. The number of esters is 1. The van der Waals surface area contributed by atoms with Gasteiger partial charge in [0.2, 0.25) is 0 Å². The van der Waals surface area contributed by atoms with Crippen LogP contribution >= 0.6 is 0 Å². The van der Waals surface area contributed by atoms with Crippen molar-refractivity contribution >= 4 is 11.9 Å². The quantitative estimate of drug-likeness (QED) is 0.512. The van der Waals surface area contributed by atoms with E-state index in [0.717, 1.165) is 0 Å². The molecular weight excluding hydrogens is 148 g/mol. The Hall–Kier alpha value is -1.06. The Morgan fingerprint density at radius 2 is 1.91 bits per heavy atom. The minimum absolute atomic E-state index is 0.161. The summed E-state index contributed by atoms with van der Waals surface area (Å²) in [6.07, 6.45) is -0.161. The van der Waals surface area contributed by atoms with Crippen molar-refractivity contribution in [2.24, 2.45) is 5.41 Å². The molecule has 0 heterocycles. The predicted octanol–water partition coefficient (Wildman–Crippen LogP) is -0.674. The molecule has 0 aliphatic heterocycles. The van der Waals surface area contributed by atoms with Crippen molar-refractivity contribution in [2.75, 3.05) is 7.11 Å². The highest BCUT2D eigenvalue weighted by molar-refractivity contribution is 5.80. The zero-order chi connectivity index (χ0) is 9.07. The van der Waals surface area contributed by atoms with Crippen LogP contribution in [0.5, 0.6) is 0 Å². The van der Waals surface area contributed by atoms with E-state index in [9.17, 15) is 14.7 Å². The van der Waals surface area contributed by atoms with Crippen LogP contribution < -0.4 is 5.11 Å². The molecule has 0 aromatic rings. The third-order valence-electron chi connectivity index (χ3n) is 1.37. The molecule has 0 fully saturated rings. The molecule has 0 rings (SSSR count). The van der Waals surface area contributed by atoms with E-state index in [1.54, 1.807) is 0 Å². The summed E-state index contributed by atoms with van der Waals surface area (Å²) < 4.78 is 4.31. The molecule has 0 aliphatic rings. The SMILES string of the molecule is COC(=O)CC(C)(C)C(=O)[O-]. The van der Waals surface area contributed by atoms with Crippen LogP contribution in [0.1, 0.15) is 20.3 Å². The number of carboxylic acid groups (broad SMARTS) is 1. The minimum atomic E-state index is -1.25. The topological polar surface area (TPSA) is 66.4 Å². The summed E-state index contributed by atoms with van der Waals surface area (Å²) in [4.78, 5) is 21.0. The summed E-state index contributed by atoms with van der Waals surface area (Å²) in [6.45, 7) is 2.83. The molecule has 0 amide bonds. The van der Waals surface area contributed by atoms with Gasteiger partial charge in [0.1, 0.15) is 0 Å². The molecule has 0 aromatic carbocycles. The molecule has 0 N–H and O–H groups in total. The second kappa shape index (κ2) is 3.37. The normalized spacial score (nSPS) is 10.8. The largest absolute Gasteiger partial charge is 0.550 e. The van der Waals surface area contributed by atoms with Crippen LogP contribution in [0.2, 0.25) is 0 Å². The van der Waals surface area contributed by atoms with Gasteiger partial charge in [0.05, 0.1) is 13.5 Å². The summed E-state index contributed by atoms with van der Waals surface area (Å²) in [5.41, 5.74) is -1.15. The summed E-state index contributed by atoms with van der Waals surface area (Å²) in [7, 11) is 1.22. The molecule has 0 spiro atoms. The zero-order valence-corrected chi connectivity index (χ0v) is 6.84. The molecule has 0 saturated carbocycles. The first-order valence-electron chi connectivity index (χ1n) is 3.18. The molecule has 64 valence electrons. The van der Waals surface area contributed by atoms with Crippen LogP contribution in [-0.2, 0) is 14.3 Å². The fraction of sp³-hybridized carbons (Fsp3) is 0.714. The third-order valence-corrected chi connectivity index (χ3v) is 1.37. The first kappa shape index (κ1) is 9.94. The van der Waals surface area contributed by atoms with Gasteiger partial charge in [0.15, 0.2) is 0 Å². The lowest BCUT2D eigenvalue weighted by Crippen LogP contribution is -2.39. The molecule has 0 unspecified atom stereocenters. The van der Waals surface area contributed by atoms with Gasteiger partial charge in [0.25, 0.3) is 0 Å². The van der Waals surface area contributed by atoms with Crippen LogP contribution in [0.3, 0.4) is 0 Å². The molecule has 0 saturated heterocycles. The smallest absolute Gasteiger partial charge is 0.306 e. The number of aliphatic carboxylic acids is 1. The van der Waals surface area contributed by atoms with Gasteiger partial charge in [-0.3, -0.25) is 4.79 Å². The average Bonchev–Trinajstić information content (AvgIpc) is 1.86. The molecular formula is C7H11O4-. The maximum absolute atomic E-state index is 10.6. The maximum Gasteiger partial charge on any atom is 0.306 e. The van der Waals surface area contributed by atoms with Crippen molar-refractivity contribution in [3.63, 3.8) is 0 Å². The van der Waals surface area contributed by atoms with Crippen molar-refractivity contribution in [2.45, 2.75) is 20.3 Å². The van der Waals surface area contributed by atoms with Gasteiger partial charge in [-0.05, 0) is 0 Å². The van der Waals surface area contributed by atoms with Crippen molar-refractivity contribution in [1.82, 2.24) is 0 Å². The lowest BCUT2D eigenvalue weighted by molar-refractivity contribution is -0.317. The first-order valence-corrected chi connectivity index (χ1v) is 3.18. The fourth-order valence-electron chi connectivity index (χ4n) is 0.505. The number of rotatable bonds is 3. The van der Waals surface area contributed by atoms with E-state index in [4.69, 9.17) is 0 Å². The highest BCUT2D eigenvalue weighted by Crippen LogP contribution is 2.19. The van der Waals surface area contributed by atoms with Crippen LogP contribution in [-0.4, -0.2) is 19.0 Å². The van der Waals surface area contributed by atoms with Crippen molar-refractivity contribution < 1.29 is 19.4 Å².